The normalized spacial score (nSPS) is 8.71. The van der Waals surface area contributed by atoms with Gasteiger partial charge in [0.15, 0.2) is 0 Å². The highest BCUT2D eigenvalue weighted by atomic mass is 35.5. The van der Waals surface area contributed by atoms with Crippen molar-refractivity contribution in [2.24, 2.45) is 0 Å². The van der Waals surface area contributed by atoms with Crippen molar-refractivity contribution < 1.29 is 0 Å². The molecular formula is C4H2ClN2. The first-order valence-electron chi connectivity index (χ1n) is 1.73. The summed E-state index contributed by atoms with van der Waals surface area (Å²) in [6.45, 7) is 0. The molecule has 0 spiro atoms. The minimum Gasteiger partial charge on any atom is -0.158 e. The highest BCUT2D eigenvalue weighted by molar-refractivity contribution is 6.30. The molecule has 0 saturated heterocycles. The van der Waals surface area contributed by atoms with Crippen molar-refractivity contribution in [1.82, 2.24) is 10.2 Å². The van der Waals surface area contributed by atoms with E-state index in [-0.39, 0.29) is 0 Å². The van der Waals surface area contributed by atoms with E-state index in [2.05, 4.69) is 16.3 Å². The van der Waals surface area contributed by atoms with Crippen molar-refractivity contribution in [3.63, 3.8) is 0 Å². The number of hydrogen-bond acceptors (Lipinski definition) is 2. The van der Waals surface area contributed by atoms with Crippen LogP contribution in [0.2, 0.25) is 5.02 Å². The summed E-state index contributed by atoms with van der Waals surface area (Å²) in [6.07, 6.45) is 2.85. The van der Waals surface area contributed by atoms with E-state index < -0.39 is 0 Å². The summed E-state index contributed by atoms with van der Waals surface area (Å²) in [5.41, 5.74) is 0. The van der Waals surface area contributed by atoms with Crippen molar-refractivity contribution in [2.75, 3.05) is 0 Å². The second-order valence-electron chi connectivity index (χ2n) is 0.981. The van der Waals surface area contributed by atoms with Crippen molar-refractivity contribution in [2.45, 2.75) is 0 Å². The van der Waals surface area contributed by atoms with Crippen LogP contribution in [-0.4, -0.2) is 10.2 Å². The molecule has 1 rings (SSSR count). The molecule has 0 N–H and O–H groups in total. The van der Waals surface area contributed by atoms with E-state index >= 15 is 0 Å². The molecule has 1 aromatic heterocycles. The number of aromatic nitrogens is 2. The predicted octanol–water partition coefficient (Wildman–Crippen LogP) is 0.930. The van der Waals surface area contributed by atoms with Crippen LogP contribution in [0.3, 0.4) is 0 Å². The molecule has 2 nitrogen and oxygen atoms in total. The second-order valence-corrected chi connectivity index (χ2v) is 1.39. The Labute approximate surface area is 46.1 Å². The Balaban J connectivity index is 3.02. The van der Waals surface area contributed by atoms with Crippen LogP contribution < -0.4 is 0 Å². The largest absolute Gasteiger partial charge is 0.158 e. The molecule has 1 heterocycles. The predicted molar refractivity (Wildman–Crippen MR) is 25.9 cm³/mol. The molecule has 1 aromatic rings. The Morgan fingerprint density at radius 3 is 2.71 bits per heavy atom. The second kappa shape index (κ2) is 1.89. The first-order chi connectivity index (χ1) is 3.39. The maximum absolute atomic E-state index is 5.38. The molecular weight excluding hydrogens is 112 g/mol. The summed E-state index contributed by atoms with van der Waals surface area (Å²) in [4.78, 5) is 0. The molecule has 0 bridgehead atoms. The number of hydrogen-bond donors (Lipinski definition) is 0. The van der Waals surface area contributed by atoms with Gasteiger partial charge in [0.1, 0.15) is 0 Å². The Morgan fingerprint density at radius 2 is 2.43 bits per heavy atom. The van der Waals surface area contributed by atoms with Crippen molar-refractivity contribution in [3.05, 3.63) is 23.5 Å². The quantitative estimate of drug-likeness (QED) is 0.500. The Bertz CT molecular complexity index is 140. The zero-order valence-electron chi connectivity index (χ0n) is 3.43. The van der Waals surface area contributed by atoms with Gasteiger partial charge >= 0.3 is 0 Å². The Kier molecular flexibility index (Phi) is 1.22. The van der Waals surface area contributed by atoms with Crippen LogP contribution in [-0.2, 0) is 0 Å². The molecule has 0 aromatic carbocycles. The van der Waals surface area contributed by atoms with Crippen LogP contribution in [0.5, 0.6) is 0 Å². The monoisotopic (exact) mass is 113 g/mol. The van der Waals surface area contributed by atoms with Gasteiger partial charge in [-0.25, -0.2) is 0 Å². The minimum atomic E-state index is 0.495. The highest BCUT2D eigenvalue weighted by Gasteiger charge is 1.78. The Hall–Kier alpha value is -0.630. The van der Waals surface area contributed by atoms with Gasteiger partial charge in [0.05, 0.1) is 17.4 Å². The van der Waals surface area contributed by atoms with Gasteiger partial charge in [-0.05, 0) is 0 Å². The molecule has 0 fully saturated rings. The first kappa shape index (κ1) is 4.53. The average Bonchev–Trinajstić information content (AvgIpc) is 1.69. The fraction of sp³-hybridized carbons (Fsp3) is 0. The Morgan fingerprint density at radius 1 is 1.57 bits per heavy atom. The standard InChI is InChI=1S/C4H2ClN2/c5-4-1-2-6-7-3-4/h2-3H. The fourth-order valence-electron chi connectivity index (χ4n) is 0.245. The van der Waals surface area contributed by atoms with Crippen LogP contribution in [0.25, 0.3) is 0 Å². The van der Waals surface area contributed by atoms with E-state index in [0.717, 1.165) is 0 Å². The third-order valence-corrected chi connectivity index (χ3v) is 0.705. The van der Waals surface area contributed by atoms with E-state index in [1.165, 1.54) is 12.4 Å². The van der Waals surface area contributed by atoms with Gasteiger partial charge < -0.3 is 0 Å². The number of halogens is 1. The van der Waals surface area contributed by atoms with Gasteiger partial charge in [-0.3, -0.25) is 0 Å². The van der Waals surface area contributed by atoms with E-state index in [1.54, 1.807) is 0 Å². The highest BCUT2D eigenvalue weighted by Crippen LogP contribution is 1.98. The van der Waals surface area contributed by atoms with Gasteiger partial charge in [-0.1, -0.05) is 11.6 Å². The zero-order chi connectivity index (χ0) is 5.11. The van der Waals surface area contributed by atoms with E-state index in [4.69, 9.17) is 11.6 Å². The minimum absolute atomic E-state index is 0.495. The molecule has 7 heavy (non-hydrogen) atoms. The molecule has 0 aliphatic rings. The number of rotatable bonds is 0. The summed E-state index contributed by atoms with van der Waals surface area (Å²) in [5, 5.41) is 7.42. The van der Waals surface area contributed by atoms with E-state index in [1.807, 2.05) is 0 Å². The summed E-state index contributed by atoms with van der Waals surface area (Å²) in [6, 6.07) is 2.62. The molecule has 35 valence electrons. The molecule has 1 radical (unpaired) electrons. The lowest BCUT2D eigenvalue weighted by Crippen LogP contribution is -1.73. The molecule has 0 amide bonds. The van der Waals surface area contributed by atoms with Crippen LogP contribution >= 0.6 is 11.6 Å². The average molecular weight is 114 g/mol. The van der Waals surface area contributed by atoms with Crippen molar-refractivity contribution in [1.29, 1.82) is 0 Å². The summed E-state index contributed by atoms with van der Waals surface area (Å²) >= 11 is 5.38. The molecule has 0 unspecified atom stereocenters. The van der Waals surface area contributed by atoms with Gasteiger partial charge in [0, 0.05) is 6.07 Å². The summed E-state index contributed by atoms with van der Waals surface area (Å²) in [5.74, 6) is 0. The molecule has 3 heteroatoms. The van der Waals surface area contributed by atoms with E-state index in [9.17, 15) is 0 Å². The number of nitrogens with zero attached hydrogens (tertiary/aromatic N) is 2. The lowest BCUT2D eigenvalue weighted by Gasteiger charge is -1.77. The molecule has 0 aliphatic heterocycles. The summed E-state index contributed by atoms with van der Waals surface area (Å²) in [7, 11) is 0. The molecule has 0 saturated carbocycles. The molecule has 0 atom stereocenters. The van der Waals surface area contributed by atoms with Crippen LogP contribution in [0.4, 0.5) is 0 Å². The lowest BCUT2D eigenvalue weighted by molar-refractivity contribution is 1.03. The van der Waals surface area contributed by atoms with Crippen LogP contribution in [0.1, 0.15) is 0 Å². The van der Waals surface area contributed by atoms with E-state index in [0.29, 0.717) is 5.02 Å². The third-order valence-electron chi connectivity index (χ3n) is 0.498. The lowest BCUT2D eigenvalue weighted by atomic mass is 10.6. The van der Waals surface area contributed by atoms with Gasteiger partial charge in [0.2, 0.25) is 0 Å². The smallest absolute Gasteiger partial charge is 0.0703 e. The molecule has 0 aliphatic carbocycles. The fourth-order valence-corrected chi connectivity index (χ4v) is 0.338. The van der Waals surface area contributed by atoms with Gasteiger partial charge in [-0.15, -0.1) is 0 Å². The van der Waals surface area contributed by atoms with Gasteiger partial charge in [0.25, 0.3) is 0 Å². The first-order valence-corrected chi connectivity index (χ1v) is 2.11. The topological polar surface area (TPSA) is 25.8 Å². The maximum atomic E-state index is 5.38. The maximum Gasteiger partial charge on any atom is 0.0703 e. The van der Waals surface area contributed by atoms with Crippen molar-refractivity contribution >= 4 is 11.6 Å². The van der Waals surface area contributed by atoms with Gasteiger partial charge in [-0.2, -0.15) is 10.2 Å². The third kappa shape index (κ3) is 1.12. The summed E-state index contributed by atoms with van der Waals surface area (Å²) < 4.78 is 0. The zero-order valence-corrected chi connectivity index (χ0v) is 4.18. The van der Waals surface area contributed by atoms with Crippen LogP contribution in [0, 0.1) is 6.07 Å². The SMILES string of the molecule is Clc1[c]cnnc1. The van der Waals surface area contributed by atoms with Crippen LogP contribution in [0.15, 0.2) is 12.4 Å². The van der Waals surface area contributed by atoms with Crippen molar-refractivity contribution in [3.8, 4) is 0 Å².